The minimum absolute atomic E-state index is 0.128. The summed E-state index contributed by atoms with van der Waals surface area (Å²) in [6, 6.07) is 14.4. The van der Waals surface area contributed by atoms with Crippen molar-refractivity contribution in [2.45, 2.75) is 5.03 Å². The highest BCUT2D eigenvalue weighted by molar-refractivity contribution is 7.99. The number of anilines is 1. The Morgan fingerprint density at radius 3 is 2.76 bits per heavy atom. The van der Waals surface area contributed by atoms with Crippen LogP contribution in [0.2, 0.25) is 0 Å². The van der Waals surface area contributed by atoms with Crippen molar-refractivity contribution in [2.75, 3.05) is 18.2 Å². The first-order valence-electron chi connectivity index (χ1n) is 8.60. The third-order valence-electron chi connectivity index (χ3n) is 4.15. The normalized spacial score (nSPS) is 10.9. The Morgan fingerprint density at radius 2 is 1.97 bits per heavy atom. The molecule has 0 unspecified atom stereocenters. The molecular weight excluding hydrogens is 408 g/mol. The zero-order valence-electron chi connectivity index (χ0n) is 15.3. The molecule has 0 fully saturated rings. The Kier molecular flexibility index (Phi) is 5.32. The molecule has 0 atom stereocenters. The number of thioether (sulfide) groups is 1. The number of nitrogens with one attached hydrogen (secondary N) is 1. The van der Waals surface area contributed by atoms with Crippen LogP contribution in [0.1, 0.15) is 10.4 Å². The van der Waals surface area contributed by atoms with E-state index in [4.69, 9.17) is 10.5 Å². The van der Waals surface area contributed by atoms with Gasteiger partial charge >= 0.3 is 0 Å². The Hall–Kier alpha value is -3.17. The SMILES string of the molecule is COc1ccc2nc(NC(=O)CSc3cc(C(N)=O)c4ccccc4n3)sc2c1. The Bertz CT molecular complexity index is 1240. The second-order valence-corrected chi connectivity index (χ2v) is 8.11. The van der Waals surface area contributed by atoms with Gasteiger partial charge in [0.2, 0.25) is 11.8 Å². The number of pyridine rings is 1. The molecular formula is C20H16N4O3S2. The quantitative estimate of drug-likeness (QED) is 0.457. The van der Waals surface area contributed by atoms with Crippen molar-refractivity contribution < 1.29 is 14.3 Å². The lowest BCUT2D eigenvalue weighted by Gasteiger charge is -2.07. The predicted octanol–water partition coefficient (Wildman–Crippen LogP) is 3.68. The maximum absolute atomic E-state index is 12.4. The van der Waals surface area contributed by atoms with Crippen molar-refractivity contribution in [2.24, 2.45) is 5.73 Å². The average Bonchev–Trinajstić information content (AvgIpc) is 3.12. The zero-order chi connectivity index (χ0) is 20.4. The van der Waals surface area contributed by atoms with Gasteiger partial charge in [0, 0.05) is 5.39 Å². The van der Waals surface area contributed by atoms with Gasteiger partial charge in [-0.05, 0) is 30.3 Å². The van der Waals surface area contributed by atoms with E-state index < -0.39 is 5.91 Å². The molecule has 2 aromatic heterocycles. The van der Waals surface area contributed by atoms with Crippen molar-refractivity contribution in [1.29, 1.82) is 0 Å². The highest BCUT2D eigenvalue weighted by Crippen LogP contribution is 2.29. The molecule has 9 heteroatoms. The summed E-state index contributed by atoms with van der Waals surface area (Å²) >= 11 is 2.61. The van der Waals surface area contributed by atoms with Crippen LogP contribution in [0.15, 0.2) is 53.6 Å². The number of thiazole rings is 1. The van der Waals surface area contributed by atoms with Gasteiger partial charge in [-0.3, -0.25) is 9.59 Å². The fraction of sp³-hybridized carbons (Fsp3) is 0.100. The van der Waals surface area contributed by atoms with Crippen LogP contribution in [-0.2, 0) is 4.79 Å². The molecule has 7 nitrogen and oxygen atoms in total. The van der Waals surface area contributed by atoms with E-state index in [2.05, 4.69) is 15.3 Å². The minimum atomic E-state index is -0.528. The number of primary amides is 1. The number of rotatable bonds is 6. The van der Waals surface area contributed by atoms with Gasteiger partial charge in [-0.15, -0.1) is 0 Å². The monoisotopic (exact) mass is 424 g/mol. The topological polar surface area (TPSA) is 107 Å². The Morgan fingerprint density at radius 1 is 1.14 bits per heavy atom. The molecule has 146 valence electrons. The number of nitrogens with two attached hydrogens (primary N) is 1. The fourth-order valence-electron chi connectivity index (χ4n) is 2.81. The third-order valence-corrected chi connectivity index (χ3v) is 6.00. The van der Waals surface area contributed by atoms with Crippen LogP contribution >= 0.6 is 23.1 Å². The molecule has 3 N–H and O–H groups in total. The number of para-hydroxylation sites is 1. The van der Waals surface area contributed by atoms with E-state index in [0.29, 0.717) is 26.6 Å². The van der Waals surface area contributed by atoms with E-state index in [0.717, 1.165) is 16.0 Å². The molecule has 0 aliphatic carbocycles. The van der Waals surface area contributed by atoms with E-state index in [-0.39, 0.29) is 11.7 Å². The number of hydrogen-bond acceptors (Lipinski definition) is 7. The van der Waals surface area contributed by atoms with Crippen LogP contribution in [0.3, 0.4) is 0 Å². The van der Waals surface area contributed by atoms with Crippen LogP contribution in [-0.4, -0.2) is 34.6 Å². The van der Waals surface area contributed by atoms with E-state index in [1.165, 1.54) is 23.1 Å². The summed E-state index contributed by atoms with van der Waals surface area (Å²) < 4.78 is 6.13. The van der Waals surface area contributed by atoms with Gasteiger partial charge in [0.05, 0.1) is 39.2 Å². The number of hydrogen-bond donors (Lipinski definition) is 2. The van der Waals surface area contributed by atoms with Gasteiger partial charge in [0.25, 0.3) is 0 Å². The molecule has 0 aliphatic rings. The van der Waals surface area contributed by atoms with E-state index in [1.807, 2.05) is 30.3 Å². The number of fused-ring (bicyclic) bond motifs is 2. The number of nitrogens with zero attached hydrogens (tertiary/aromatic N) is 2. The van der Waals surface area contributed by atoms with Crippen LogP contribution in [0.25, 0.3) is 21.1 Å². The number of ether oxygens (including phenoxy) is 1. The second-order valence-electron chi connectivity index (χ2n) is 6.08. The molecule has 0 bridgehead atoms. The average molecular weight is 425 g/mol. The molecule has 2 heterocycles. The van der Waals surface area contributed by atoms with Gasteiger partial charge in [-0.2, -0.15) is 0 Å². The summed E-state index contributed by atoms with van der Waals surface area (Å²) in [6.07, 6.45) is 0. The number of carbonyl (C=O) groups is 2. The fourth-order valence-corrected chi connectivity index (χ4v) is 4.43. The van der Waals surface area contributed by atoms with Crippen molar-refractivity contribution in [3.05, 3.63) is 54.1 Å². The van der Waals surface area contributed by atoms with E-state index in [9.17, 15) is 9.59 Å². The maximum atomic E-state index is 12.4. The largest absolute Gasteiger partial charge is 0.497 e. The molecule has 4 aromatic rings. The van der Waals surface area contributed by atoms with Crippen molar-refractivity contribution in [1.82, 2.24) is 9.97 Å². The summed E-state index contributed by atoms with van der Waals surface area (Å²) in [5.41, 5.74) is 7.33. The first-order chi connectivity index (χ1) is 14.0. The molecule has 0 aliphatic heterocycles. The van der Waals surface area contributed by atoms with Gasteiger partial charge in [0.1, 0.15) is 5.75 Å². The smallest absolute Gasteiger partial charge is 0.249 e. The highest BCUT2D eigenvalue weighted by atomic mass is 32.2. The number of benzene rings is 2. The summed E-state index contributed by atoms with van der Waals surface area (Å²) in [6.45, 7) is 0. The molecule has 0 saturated carbocycles. The van der Waals surface area contributed by atoms with Gasteiger partial charge < -0.3 is 15.8 Å². The molecule has 0 saturated heterocycles. The highest BCUT2D eigenvalue weighted by Gasteiger charge is 2.13. The second kappa shape index (κ2) is 8.06. The van der Waals surface area contributed by atoms with Crippen molar-refractivity contribution in [3.8, 4) is 5.75 Å². The lowest BCUT2D eigenvalue weighted by atomic mass is 10.1. The minimum Gasteiger partial charge on any atom is -0.497 e. The van der Waals surface area contributed by atoms with Crippen LogP contribution in [0.5, 0.6) is 5.75 Å². The molecule has 2 amide bonds. The number of amides is 2. The molecule has 4 rings (SSSR count). The number of aromatic nitrogens is 2. The van der Waals surface area contributed by atoms with Crippen molar-refractivity contribution in [3.63, 3.8) is 0 Å². The lowest BCUT2D eigenvalue weighted by molar-refractivity contribution is -0.113. The Labute approximate surface area is 174 Å². The summed E-state index contributed by atoms with van der Waals surface area (Å²) in [4.78, 5) is 33.0. The van der Waals surface area contributed by atoms with Gasteiger partial charge in [-0.1, -0.05) is 41.3 Å². The number of carbonyl (C=O) groups excluding carboxylic acids is 2. The molecule has 2 aromatic carbocycles. The van der Waals surface area contributed by atoms with E-state index in [1.54, 1.807) is 25.3 Å². The third kappa shape index (κ3) is 4.15. The summed E-state index contributed by atoms with van der Waals surface area (Å²) in [7, 11) is 1.60. The lowest BCUT2D eigenvalue weighted by Crippen LogP contribution is -2.14. The van der Waals surface area contributed by atoms with Gasteiger partial charge in [0.15, 0.2) is 5.13 Å². The summed E-state index contributed by atoms with van der Waals surface area (Å²) in [5, 5.41) is 4.57. The van der Waals surface area contributed by atoms with Crippen LogP contribution in [0.4, 0.5) is 5.13 Å². The molecule has 29 heavy (non-hydrogen) atoms. The molecule has 0 spiro atoms. The number of methoxy groups -OCH3 is 1. The Balaban J connectivity index is 1.48. The first kappa shape index (κ1) is 19.2. The predicted molar refractivity (Wildman–Crippen MR) is 116 cm³/mol. The zero-order valence-corrected chi connectivity index (χ0v) is 17.0. The van der Waals surface area contributed by atoms with Gasteiger partial charge in [-0.25, -0.2) is 9.97 Å². The summed E-state index contributed by atoms with van der Waals surface area (Å²) in [5.74, 6) is 0.126. The van der Waals surface area contributed by atoms with E-state index >= 15 is 0 Å². The van der Waals surface area contributed by atoms with Crippen LogP contribution < -0.4 is 15.8 Å². The van der Waals surface area contributed by atoms with Crippen LogP contribution in [0, 0.1) is 0 Å². The first-order valence-corrected chi connectivity index (χ1v) is 10.4. The van der Waals surface area contributed by atoms with Crippen molar-refractivity contribution >= 4 is 61.2 Å². The molecule has 0 radical (unpaired) electrons. The standard InChI is InChI=1S/C20H16N4O3S2/c1-27-11-6-7-15-16(8-11)29-20(23-15)24-17(25)10-28-18-9-13(19(21)26)12-4-2-3-5-14(12)22-18/h2-9H,10H2,1H3,(H2,21,26)(H,23,24,25). The maximum Gasteiger partial charge on any atom is 0.249 e.